The first-order chi connectivity index (χ1) is 12.5. The summed E-state index contributed by atoms with van der Waals surface area (Å²) in [7, 11) is 1.63. The number of aliphatic imine (C=N–C) groups is 1. The number of halogens is 1. The molecular formula is C17H19ClN6O2. The number of ether oxygens (including phenoxy) is 1. The Morgan fingerprint density at radius 3 is 2.77 bits per heavy atom. The standard InChI is InChI=1S/C17H19ClN6O2/c1-26-11-4-2-9(3-5-11)6-10-8-21-17(22-10)24-16(25)12-7-13(18)15(20)23-14(12)19/h2-5,7,10H,6,8H2,1H3,(H4,19,20,23)(H2,21,22,24,25)/t10-/m0/s1. The summed E-state index contributed by atoms with van der Waals surface area (Å²) in [6.07, 6.45) is 0.779. The molecular weight excluding hydrogens is 356 g/mol. The smallest absolute Gasteiger partial charge is 0.283 e. The summed E-state index contributed by atoms with van der Waals surface area (Å²) in [6.45, 7) is 0.647. The number of nitrogen functional groups attached to an aromatic ring is 2. The highest BCUT2D eigenvalue weighted by Gasteiger charge is 2.21. The molecule has 26 heavy (non-hydrogen) atoms. The van der Waals surface area contributed by atoms with Crippen molar-refractivity contribution in [2.45, 2.75) is 12.5 Å². The fourth-order valence-corrected chi connectivity index (χ4v) is 2.76. The Morgan fingerprint density at radius 1 is 1.35 bits per heavy atom. The molecule has 0 unspecified atom stereocenters. The predicted molar refractivity (Wildman–Crippen MR) is 101 cm³/mol. The third-order valence-electron chi connectivity index (χ3n) is 3.97. The van der Waals surface area contributed by atoms with Crippen molar-refractivity contribution < 1.29 is 9.53 Å². The molecule has 2 heterocycles. The summed E-state index contributed by atoms with van der Waals surface area (Å²) < 4.78 is 5.15. The summed E-state index contributed by atoms with van der Waals surface area (Å²) >= 11 is 5.90. The number of rotatable bonds is 4. The number of nitrogens with one attached hydrogen (secondary N) is 2. The minimum Gasteiger partial charge on any atom is -0.497 e. The van der Waals surface area contributed by atoms with Crippen LogP contribution >= 0.6 is 11.6 Å². The van der Waals surface area contributed by atoms with E-state index in [1.807, 2.05) is 24.3 Å². The van der Waals surface area contributed by atoms with Gasteiger partial charge in [-0.05, 0) is 30.2 Å². The minimum atomic E-state index is -0.544. The lowest BCUT2D eigenvalue weighted by Crippen LogP contribution is -2.30. The van der Waals surface area contributed by atoms with E-state index in [-0.39, 0.29) is 28.3 Å². The van der Waals surface area contributed by atoms with Crippen molar-refractivity contribution in [1.82, 2.24) is 15.6 Å². The first-order valence-corrected chi connectivity index (χ1v) is 8.32. The SMILES string of the molecule is COc1ccc(C[C@H]2CN/C(=N/C(=O)c3cc(Cl)c(N)nc3N)N2)cc1. The molecule has 1 saturated heterocycles. The topological polar surface area (TPSA) is 128 Å². The van der Waals surface area contributed by atoms with E-state index in [2.05, 4.69) is 20.6 Å². The summed E-state index contributed by atoms with van der Waals surface area (Å²) in [5, 5.41) is 6.41. The highest BCUT2D eigenvalue weighted by Crippen LogP contribution is 2.22. The van der Waals surface area contributed by atoms with Gasteiger partial charge in [0.25, 0.3) is 5.91 Å². The normalized spacial score (nSPS) is 17.6. The van der Waals surface area contributed by atoms with E-state index in [0.717, 1.165) is 17.7 Å². The summed E-state index contributed by atoms with van der Waals surface area (Å²) in [6, 6.07) is 9.32. The Morgan fingerprint density at radius 2 is 2.08 bits per heavy atom. The highest BCUT2D eigenvalue weighted by molar-refractivity contribution is 6.33. The molecule has 1 aromatic carbocycles. The number of pyridine rings is 1. The minimum absolute atomic E-state index is 0.00553. The largest absolute Gasteiger partial charge is 0.497 e. The number of nitrogens with zero attached hydrogens (tertiary/aromatic N) is 2. The number of hydrogen-bond donors (Lipinski definition) is 4. The number of methoxy groups -OCH3 is 1. The van der Waals surface area contributed by atoms with Crippen molar-refractivity contribution in [3.8, 4) is 5.75 Å². The van der Waals surface area contributed by atoms with Crippen LogP contribution in [0.25, 0.3) is 0 Å². The first kappa shape index (κ1) is 17.8. The van der Waals surface area contributed by atoms with Crippen LogP contribution in [-0.2, 0) is 6.42 Å². The molecule has 9 heteroatoms. The third kappa shape index (κ3) is 3.97. The molecule has 0 bridgehead atoms. The molecule has 1 fully saturated rings. The molecule has 8 nitrogen and oxygen atoms in total. The van der Waals surface area contributed by atoms with Gasteiger partial charge in [-0.3, -0.25) is 4.79 Å². The molecule has 0 radical (unpaired) electrons. The molecule has 136 valence electrons. The van der Waals surface area contributed by atoms with Gasteiger partial charge in [-0.2, -0.15) is 4.99 Å². The quantitative estimate of drug-likeness (QED) is 0.633. The van der Waals surface area contributed by atoms with E-state index in [1.165, 1.54) is 6.07 Å². The molecule has 0 saturated carbocycles. The fourth-order valence-electron chi connectivity index (χ4n) is 2.61. The second-order valence-corrected chi connectivity index (χ2v) is 6.24. The van der Waals surface area contributed by atoms with Gasteiger partial charge in [-0.1, -0.05) is 23.7 Å². The number of aromatic nitrogens is 1. The van der Waals surface area contributed by atoms with Gasteiger partial charge in [-0.15, -0.1) is 0 Å². The van der Waals surface area contributed by atoms with Gasteiger partial charge in [-0.25, -0.2) is 4.98 Å². The van der Waals surface area contributed by atoms with Gasteiger partial charge in [0.15, 0.2) is 5.96 Å². The van der Waals surface area contributed by atoms with Crippen LogP contribution in [0.3, 0.4) is 0 Å². The van der Waals surface area contributed by atoms with Crippen LogP contribution in [-0.4, -0.2) is 36.5 Å². The number of hydrogen-bond acceptors (Lipinski definition) is 5. The number of carbonyl (C=O) groups is 1. The van der Waals surface area contributed by atoms with E-state index in [4.69, 9.17) is 27.8 Å². The van der Waals surface area contributed by atoms with Crippen molar-refractivity contribution in [1.29, 1.82) is 0 Å². The maximum absolute atomic E-state index is 12.3. The second-order valence-electron chi connectivity index (χ2n) is 5.83. The van der Waals surface area contributed by atoms with E-state index in [1.54, 1.807) is 7.11 Å². The number of guanidine groups is 1. The van der Waals surface area contributed by atoms with Crippen LogP contribution in [0.15, 0.2) is 35.3 Å². The lowest BCUT2D eigenvalue weighted by Gasteiger charge is -2.09. The van der Waals surface area contributed by atoms with E-state index < -0.39 is 5.91 Å². The zero-order valence-electron chi connectivity index (χ0n) is 14.1. The summed E-state index contributed by atoms with van der Waals surface area (Å²) in [5.41, 5.74) is 12.5. The lowest BCUT2D eigenvalue weighted by atomic mass is 10.1. The molecule has 1 aromatic heterocycles. The van der Waals surface area contributed by atoms with Gasteiger partial charge in [0.2, 0.25) is 0 Å². The van der Waals surface area contributed by atoms with E-state index >= 15 is 0 Å². The fraction of sp³-hybridized carbons (Fsp3) is 0.235. The van der Waals surface area contributed by atoms with Crippen LogP contribution in [0.5, 0.6) is 5.75 Å². The van der Waals surface area contributed by atoms with Crippen molar-refractivity contribution in [2.24, 2.45) is 4.99 Å². The number of benzene rings is 1. The van der Waals surface area contributed by atoms with Gasteiger partial charge < -0.3 is 26.8 Å². The molecule has 1 amide bonds. The zero-order chi connectivity index (χ0) is 18.7. The number of carbonyl (C=O) groups excluding carboxylic acids is 1. The Labute approximate surface area is 155 Å². The van der Waals surface area contributed by atoms with Crippen LogP contribution in [0, 0.1) is 0 Å². The molecule has 0 aliphatic carbocycles. The van der Waals surface area contributed by atoms with Crippen molar-refractivity contribution in [3.63, 3.8) is 0 Å². The van der Waals surface area contributed by atoms with Gasteiger partial charge in [0, 0.05) is 6.54 Å². The van der Waals surface area contributed by atoms with Crippen LogP contribution in [0.4, 0.5) is 11.6 Å². The third-order valence-corrected chi connectivity index (χ3v) is 4.28. The maximum atomic E-state index is 12.3. The Balaban J connectivity index is 1.66. The van der Waals surface area contributed by atoms with Crippen LogP contribution in [0.2, 0.25) is 5.02 Å². The Kier molecular flexibility index (Phi) is 5.13. The summed E-state index contributed by atoms with van der Waals surface area (Å²) in [5.74, 6) is 0.726. The predicted octanol–water partition coefficient (Wildman–Crippen LogP) is 1.21. The van der Waals surface area contributed by atoms with Crippen molar-refractivity contribution in [2.75, 3.05) is 25.1 Å². The summed E-state index contributed by atoms with van der Waals surface area (Å²) in [4.78, 5) is 20.2. The first-order valence-electron chi connectivity index (χ1n) is 7.94. The van der Waals surface area contributed by atoms with Crippen LogP contribution < -0.4 is 26.8 Å². The van der Waals surface area contributed by atoms with Gasteiger partial charge >= 0.3 is 0 Å². The Hall–Kier alpha value is -3.00. The number of amides is 1. The second kappa shape index (κ2) is 7.49. The molecule has 6 N–H and O–H groups in total. The average Bonchev–Trinajstić information content (AvgIpc) is 3.05. The molecule has 1 aliphatic rings. The Bertz CT molecular complexity index is 853. The molecule has 3 rings (SSSR count). The number of nitrogens with two attached hydrogens (primary N) is 2. The molecule has 1 aliphatic heterocycles. The molecule has 1 atom stereocenters. The highest BCUT2D eigenvalue weighted by atomic mass is 35.5. The van der Waals surface area contributed by atoms with E-state index in [0.29, 0.717) is 12.5 Å². The van der Waals surface area contributed by atoms with E-state index in [9.17, 15) is 4.79 Å². The maximum Gasteiger partial charge on any atom is 0.283 e. The molecule has 2 aromatic rings. The number of anilines is 2. The van der Waals surface area contributed by atoms with Crippen molar-refractivity contribution in [3.05, 3.63) is 46.5 Å². The average molecular weight is 375 g/mol. The van der Waals surface area contributed by atoms with Crippen molar-refractivity contribution >= 4 is 35.1 Å². The van der Waals surface area contributed by atoms with Gasteiger partial charge in [0.05, 0.1) is 23.7 Å². The lowest BCUT2D eigenvalue weighted by molar-refractivity contribution is 0.100. The zero-order valence-corrected chi connectivity index (χ0v) is 14.9. The van der Waals surface area contributed by atoms with Gasteiger partial charge in [0.1, 0.15) is 17.4 Å². The molecule has 0 spiro atoms. The van der Waals surface area contributed by atoms with Crippen LogP contribution in [0.1, 0.15) is 15.9 Å². The monoisotopic (exact) mass is 374 g/mol.